The lowest BCUT2D eigenvalue weighted by Crippen LogP contribution is -2.30. The topological polar surface area (TPSA) is 3.88 Å². The highest BCUT2D eigenvalue weighted by Crippen LogP contribution is 2.32. The number of hydrogen-bond donors (Lipinski definition) is 0. The third kappa shape index (κ3) is 2.99. The van der Waals surface area contributed by atoms with Gasteiger partial charge in [0.25, 0.3) is 0 Å². The highest BCUT2D eigenvalue weighted by Gasteiger charge is 2.17. The fourth-order valence-corrected chi connectivity index (χ4v) is 3.29. The number of aromatic nitrogens is 1. The molecular formula is C23H26N+. The Morgan fingerprint density at radius 2 is 1.46 bits per heavy atom. The van der Waals surface area contributed by atoms with E-state index in [9.17, 15) is 0 Å². The fraction of sp³-hybridized carbons (Fsp3) is 0.261. The van der Waals surface area contributed by atoms with Gasteiger partial charge >= 0.3 is 0 Å². The van der Waals surface area contributed by atoms with Crippen LogP contribution in [0.4, 0.5) is 0 Å². The summed E-state index contributed by atoms with van der Waals surface area (Å²) in [7, 11) is 2.12. The molecule has 0 bridgehead atoms. The van der Waals surface area contributed by atoms with Crippen molar-refractivity contribution in [2.24, 2.45) is 7.05 Å². The van der Waals surface area contributed by atoms with Gasteiger partial charge in [-0.15, -0.1) is 0 Å². The molecule has 2 aromatic carbocycles. The monoisotopic (exact) mass is 316 g/mol. The molecule has 1 heterocycles. The van der Waals surface area contributed by atoms with Crippen LogP contribution in [0.25, 0.3) is 22.4 Å². The van der Waals surface area contributed by atoms with Gasteiger partial charge in [-0.05, 0) is 53.6 Å². The van der Waals surface area contributed by atoms with E-state index in [4.69, 9.17) is 0 Å². The molecule has 0 aliphatic heterocycles. The molecule has 1 nitrogen and oxygen atoms in total. The van der Waals surface area contributed by atoms with Gasteiger partial charge in [0.1, 0.15) is 7.05 Å². The molecule has 1 aromatic heterocycles. The van der Waals surface area contributed by atoms with E-state index in [0.29, 0.717) is 5.92 Å². The van der Waals surface area contributed by atoms with E-state index in [2.05, 4.69) is 100 Å². The van der Waals surface area contributed by atoms with Crippen LogP contribution in [0.5, 0.6) is 0 Å². The average Bonchev–Trinajstić information content (AvgIpc) is 2.56. The Kier molecular flexibility index (Phi) is 4.53. The fourth-order valence-electron chi connectivity index (χ4n) is 3.29. The summed E-state index contributed by atoms with van der Waals surface area (Å²) in [4.78, 5) is 0. The molecule has 122 valence electrons. The normalized spacial score (nSPS) is 11.1. The van der Waals surface area contributed by atoms with Crippen LogP contribution in [0.15, 0.2) is 60.8 Å². The molecule has 0 aliphatic carbocycles. The van der Waals surface area contributed by atoms with E-state index in [1.165, 1.54) is 39.1 Å². The van der Waals surface area contributed by atoms with E-state index < -0.39 is 0 Å². The van der Waals surface area contributed by atoms with Gasteiger partial charge in [0.2, 0.25) is 5.69 Å². The van der Waals surface area contributed by atoms with Crippen LogP contribution in [0.1, 0.15) is 36.5 Å². The van der Waals surface area contributed by atoms with Gasteiger partial charge in [0.05, 0.1) is 0 Å². The first-order chi connectivity index (χ1) is 11.5. The average molecular weight is 316 g/mol. The molecule has 0 atom stereocenters. The maximum Gasteiger partial charge on any atom is 0.212 e. The lowest BCUT2D eigenvalue weighted by Gasteiger charge is -2.13. The summed E-state index contributed by atoms with van der Waals surface area (Å²) in [5.74, 6) is 0.532. The summed E-state index contributed by atoms with van der Waals surface area (Å²) in [6, 6.07) is 19.8. The van der Waals surface area contributed by atoms with Crippen molar-refractivity contribution in [1.82, 2.24) is 0 Å². The zero-order chi connectivity index (χ0) is 17.3. The van der Waals surface area contributed by atoms with Crippen LogP contribution < -0.4 is 4.57 Å². The first-order valence-electron chi connectivity index (χ1n) is 8.64. The molecular weight excluding hydrogens is 290 g/mol. The molecule has 0 saturated carbocycles. The lowest BCUT2D eigenvalue weighted by molar-refractivity contribution is -0.660. The standard InChI is InChI=1S/C23H26N/c1-16(2)19-13-14-24(5)23(15-19)22-12-8-11-21(18(22)4)20-10-7-6-9-17(20)3/h6-16H,1-5H3/q+1. The Morgan fingerprint density at radius 1 is 0.792 bits per heavy atom. The van der Waals surface area contributed by atoms with Gasteiger partial charge in [-0.2, -0.15) is 0 Å². The zero-order valence-electron chi connectivity index (χ0n) is 15.3. The van der Waals surface area contributed by atoms with Crippen LogP contribution in [-0.2, 0) is 7.05 Å². The molecule has 0 spiro atoms. The number of aryl methyl sites for hydroxylation is 2. The second-order valence-corrected chi connectivity index (χ2v) is 6.90. The summed E-state index contributed by atoms with van der Waals surface area (Å²) in [5, 5.41) is 0. The molecule has 0 saturated heterocycles. The highest BCUT2D eigenvalue weighted by atomic mass is 14.9. The summed E-state index contributed by atoms with van der Waals surface area (Å²) in [5.41, 5.74) is 9.25. The van der Waals surface area contributed by atoms with E-state index >= 15 is 0 Å². The SMILES string of the molecule is Cc1ccccc1-c1cccc(-c2cc(C(C)C)cc[n+]2C)c1C. The molecule has 0 fully saturated rings. The van der Waals surface area contributed by atoms with Crippen molar-refractivity contribution >= 4 is 0 Å². The molecule has 3 rings (SSSR count). The Hall–Kier alpha value is -2.41. The maximum atomic E-state index is 2.33. The number of hydrogen-bond acceptors (Lipinski definition) is 0. The van der Waals surface area contributed by atoms with E-state index in [1.807, 2.05) is 0 Å². The Morgan fingerprint density at radius 3 is 2.17 bits per heavy atom. The highest BCUT2D eigenvalue weighted by molar-refractivity contribution is 5.77. The van der Waals surface area contributed by atoms with Gasteiger partial charge in [-0.1, -0.05) is 50.2 Å². The van der Waals surface area contributed by atoms with Gasteiger partial charge in [0.15, 0.2) is 6.20 Å². The zero-order valence-corrected chi connectivity index (χ0v) is 15.3. The second kappa shape index (κ2) is 6.60. The minimum Gasteiger partial charge on any atom is -0.201 e. The van der Waals surface area contributed by atoms with Crippen molar-refractivity contribution in [3.63, 3.8) is 0 Å². The molecule has 0 N–H and O–H groups in total. The van der Waals surface area contributed by atoms with Crippen LogP contribution in [-0.4, -0.2) is 0 Å². The van der Waals surface area contributed by atoms with Crippen LogP contribution in [0.3, 0.4) is 0 Å². The van der Waals surface area contributed by atoms with Gasteiger partial charge < -0.3 is 0 Å². The summed E-state index contributed by atoms with van der Waals surface area (Å²) < 4.78 is 2.22. The van der Waals surface area contributed by atoms with Crippen LogP contribution in [0, 0.1) is 13.8 Å². The number of nitrogens with zero attached hydrogens (tertiary/aromatic N) is 1. The van der Waals surface area contributed by atoms with Crippen molar-refractivity contribution in [3.8, 4) is 22.4 Å². The van der Waals surface area contributed by atoms with Crippen LogP contribution in [0.2, 0.25) is 0 Å². The van der Waals surface area contributed by atoms with Gasteiger partial charge in [-0.25, -0.2) is 4.57 Å². The molecule has 0 aliphatic rings. The molecule has 1 heteroatoms. The number of pyridine rings is 1. The summed E-state index contributed by atoms with van der Waals surface area (Å²) >= 11 is 0. The molecule has 0 unspecified atom stereocenters. The van der Waals surface area contributed by atoms with Crippen molar-refractivity contribution < 1.29 is 4.57 Å². The van der Waals surface area contributed by atoms with Crippen molar-refractivity contribution in [3.05, 3.63) is 77.5 Å². The number of benzene rings is 2. The Bertz CT molecular complexity index is 875. The first kappa shape index (κ1) is 16.4. The predicted molar refractivity (Wildman–Crippen MR) is 102 cm³/mol. The lowest BCUT2D eigenvalue weighted by atomic mass is 9.91. The largest absolute Gasteiger partial charge is 0.212 e. The molecule has 0 radical (unpaired) electrons. The summed E-state index contributed by atoms with van der Waals surface area (Å²) in [6.45, 7) is 8.91. The first-order valence-corrected chi connectivity index (χ1v) is 8.64. The Balaban J connectivity index is 2.20. The second-order valence-electron chi connectivity index (χ2n) is 6.90. The van der Waals surface area contributed by atoms with E-state index in [0.717, 1.165) is 0 Å². The third-order valence-electron chi connectivity index (χ3n) is 4.89. The minimum atomic E-state index is 0.532. The van der Waals surface area contributed by atoms with Gasteiger partial charge in [0, 0.05) is 17.7 Å². The van der Waals surface area contributed by atoms with E-state index in [-0.39, 0.29) is 0 Å². The Labute approximate surface area is 145 Å². The third-order valence-corrected chi connectivity index (χ3v) is 4.89. The minimum absolute atomic E-state index is 0.532. The molecule has 3 aromatic rings. The van der Waals surface area contributed by atoms with Crippen molar-refractivity contribution in [1.29, 1.82) is 0 Å². The quantitative estimate of drug-likeness (QED) is 0.555. The summed E-state index contributed by atoms with van der Waals surface area (Å²) in [6.07, 6.45) is 2.17. The van der Waals surface area contributed by atoms with Gasteiger partial charge in [-0.3, -0.25) is 0 Å². The smallest absolute Gasteiger partial charge is 0.201 e. The van der Waals surface area contributed by atoms with E-state index in [1.54, 1.807) is 0 Å². The molecule has 24 heavy (non-hydrogen) atoms. The predicted octanol–water partition coefficient (Wildman–Crippen LogP) is 5.59. The maximum absolute atomic E-state index is 2.33. The molecule has 0 amide bonds. The van der Waals surface area contributed by atoms with Crippen LogP contribution >= 0.6 is 0 Å². The van der Waals surface area contributed by atoms with Crippen molar-refractivity contribution in [2.45, 2.75) is 33.6 Å². The van der Waals surface area contributed by atoms with Crippen molar-refractivity contribution in [2.75, 3.05) is 0 Å². The number of rotatable bonds is 3.